The molecule has 0 aliphatic rings. The number of hydrogen-bond acceptors (Lipinski definition) is 5. The Labute approximate surface area is 150 Å². The van der Waals surface area contributed by atoms with Crippen LogP contribution in [0.1, 0.15) is 17.4 Å². The first kappa shape index (κ1) is 15.9. The largest absolute Gasteiger partial charge is 0.444 e. The molecule has 2 aromatic carbocycles. The Morgan fingerprint density at radius 1 is 0.923 bits per heavy atom. The van der Waals surface area contributed by atoms with Crippen molar-refractivity contribution in [1.29, 1.82) is 0 Å². The van der Waals surface area contributed by atoms with Crippen LogP contribution in [0.4, 0.5) is 0 Å². The molecule has 0 N–H and O–H groups in total. The van der Waals surface area contributed by atoms with Crippen LogP contribution in [0.3, 0.4) is 0 Å². The Hall–Kier alpha value is -3.60. The monoisotopic (exact) mass is 341 g/mol. The summed E-state index contributed by atoms with van der Waals surface area (Å²) in [5, 5.41) is 8.51. The highest BCUT2D eigenvalue weighted by molar-refractivity contribution is 5.94. The van der Waals surface area contributed by atoms with Crippen LogP contribution in [-0.4, -0.2) is 21.0 Å². The zero-order chi connectivity index (χ0) is 17.9. The highest BCUT2D eigenvalue weighted by Gasteiger charge is 2.21. The molecule has 5 heteroatoms. The molecule has 0 saturated heterocycles. The standard InChI is InChI=1S/C21H15N3O2/c1-14(25)18-13-26-21(23-18)19-17(15-8-4-2-5-9-15)12-22-24-20(19)16-10-6-3-7-11-16/h2-13H,1H3. The van der Waals surface area contributed by atoms with Gasteiger partial charge in [-0.1, -0.05) is 60.7 Å². The molecule has 0 spiro atoms. The van der Waals surface area contributed by atoms with Crippen molar-refractivity contribution in [1.82, 2.24) is 15.2 Å². The first-order valence-corrected chi connectivity index (χ1v) is 8.17. The van der Waals surface area contributed by atoms with Crippen LogP contribution in [-0.2, 0) is 0 Å². The Morgan fingerprint density at radius 2 is 1.58 bits per heavy atom. The lowest BCUT2D eigenvalue weighted by molar-refractivity contribution is 0.101. The molecule has 126 valence electrons. The lowest BCUT2D eigenvalue weighted by atomic mass is 9.97. The molecule has 5 nitrogen and oxygen atoms in total. The predicted molar refractivity (Wildman–Crippen MR) is 98.4 cm³/mol. The zero-order valence-electron chi connectivity index (χ0n) is 14.1. The minimum absolute atomic E-state index is 0.149. The number of rotatable bonds is 4. The molecular formula is C21H15N3O2. The molecule has 0 atom stereocenters. The number of hydrogen-bond donors (Lipinski definition) is 0. The number of aromatic nitrogens is 3. The van der Waals surface area contributed by atoms with Crippen molar-refractivity contribution in [3.8, 4) is 33.8 Å². The molecule has 2 aromatic heterocycles. The van der Waals surface area contributed by atoms with Crippen LogP contribution >= 0.6 is 0 Å². The molecule has 0 aliphatic heterocycles. The van der Waals surface area contributed by atoms with Gasteiger partial charge >= 0.3 is 0 Å². The van der Waals surface area contributed by atoms with Gasteiger partial charge in [0.05, 0.1) is 11.8 Å². The van der Waals surface area contributed by atoms with E-state index >= 15 is 0 Å². The fraction of sp³-hybridized carbons (Fsp3) is 0.0476. The van der Waals surface area contributed by atoms with E-state index in [1.807, 2.05) is 60.7 Å². The Balaban J connectivity index is 2.00. The molecule has 0 bridgehead atoms. The second-order valence-corrected chi connectivity index (χ2v) is 5.81. The summed E-state index contributed by atoms with van der Waals surface area (Å²) in [4.78, 5) is 16.0. The van der Waals surface area contributed by atoms with E-state index < -0.39 is 0 Å². The van der Waals surface area contributed by atoms with Crippen LogP contribution in [0.2, 0.25) is 0 Å². The summed E-state index contributed by atoms with van der Waals surface area (Å²) in [7, 11) is 0. The van der Waals surface area contributed by atoms with Gasteiger partial charge in [0.2, 0.25) is 5.89 Å². The van der Waals surface area contributed by atoms with E-state index in [-0.39, 0.29) is 11.5 Å². The molecule has 0 amide bonds. The number of benzene rings is 2. The summed E-state index contributed by atoms with van der Waals surface area (Å²) in [5.74, 6) is 0.201. The lowest BCUT2D eigenvalue weighted by Gasteiger charge is -2.11. The van der Waals surface area contributed by atoms with Gasteiger partial charge in [-0.25, -0.2) is 4.98 Å². The van der Waals surface area contributed by atoms with Crippen molar-refractivity contribution in [2.75, 3.05) is 0 Å². The lowest BCUT2D eigenvalue weighted by Crippen LogP contribution is -1.97. The molecule has 2 heterocycles. The second kappa shape index (κ2) is 6.72. The van der Waals surface area contributed by atoms with E-state index in [2.05, 4.69) is 15.2 Å². The van der Waals surface area contributed by atoms with E-state index in [4.69, 9.17) is 4.42 Å². The second-order valence-electron chi connectivity index (χ2n) is 5.81. The third kappa shape index (κ3) is 2.91. The molecule has 4 aromatic rings. The smallest absolute Gasteiger partial charge is 0.229 e. The molecular weight excluding hydrogens is 326 g/mol. The van der Waals surface area contributed by atoms with Crippen LogP contribution < -0.4 is 0 Å². The van der Waals surface area contributed by atoms with Crippen molar-refractivity contribution in [2.45, 2.75) is 6.92 Å². The molecule has 0 fully saturated rings. The van der Waals surface area contributed by atoms with Crippen molar-refractivity contribution < 1.29 is 9.21 Å². The number of nitrogens with zero attached hydrogens (tertiary/aromatic N) is 3. The van der Waals surface area contributed by atoms with Crippen molar-refractivity contribution >= 4 is 5.78 Å². The summed E-state index contributed by atoms with van der Waals surface area (Å²) in [5.41, 5.74) is 4.37. The van der Waals surface area contributed by atoms with E-state index in [0.717, 1.165) is 16.7 Å². The van der Waals surface area contributed by atoms with E-state index in [0.29, 0.717) is 17.1 Å². The summed E-state index contributed by atoms with van der Waals surface area (Å²) in [6, 6.07) is 19.6. The van der Waals surface area contributed by atoms with Crippen LogP contribution in [0.5, 0.6) is 0 Å². The van der Waals surface area contributed by atoms with Crippen LogP contribution in [0.15, 0.2) is 77.5 Å². The van der Waals surface area contributed by atoms with Crippen LogP contribution in [0, 0.1) is 0 Å². The number of oxazole rings is 1. The number of Topliss-reactive ketones (excluding diaryl/α,β-unsaturated/α-hetero) is 1. The van der Waals surface area contributed by atoms with Crippen LogP contribution in [0.25, 0.3) is 33.8 Å². The fourth-order valence-electron chi connectivity index (χ4n) is 2.79. The predicted octanol–water partition coefficient (Wildman–Crippen LogP) is 4.67. The molecule has 26 heavy (non-hydrogen) atoms. The molecule has 0 radical (unpaired) electrons. The van der Waals surface area contributed by atoms with Gasteiger partial charge in [0, 0.05) is 18.1 Å². The number of carbonyl (C=O) groups is 1. The van der Waals surface area contributed by atoms with Gasteiger partial charge in [0.1, 0.15) is 17.7 Å². The Morgan fingerprint density at radius 3 is 2.19 bits per heavy atom. The van der Waals surface area contributed by atoms with E-state index in [1.165, 1.54) is 13.2 Å². The summed E-state index contributed by atoms with van der Waals surface area (Å²) in [6.07, 6.45) is 3.07. The maximum absolute atomic E-state index is 11.6. The first-order valence-electron chi connectivity index (χ1n) is 8.17. The fourth-order valence-corrected chi connectivity index (χ4v) is 2.79. The van der Waals surface area contributed by atoms with Crippen molar-refractivity contribution in [3.63, 3.8) is 0 Å². The normalized spacial score (nSPS) is 10.7. The van der Waals surface area contributed by atoms with Gasteiger partial charge in [0.15, 0.2) is 5.78 Å². The van der Waals surface area contributed by atoms with Gasteiger partial charge in [-0.2, -0.15) is 5.10 Å². The summed E-state index contributed by atoms with van der Waals surface area (Å²) >= 11 is 0. The van der Waals surface area contributed by atoms with Crippen molar-refractivity contribution in [2.24, 2.45) is 0 Å². The first-order chi connectivity index (χ1) is 12.7. The van der Waals surface area contributed by atoms with Gasteiger partial charge in [0.25, 0.3) is 0 Å². The zero-order valence-corrected chi connectivity index (χ0v) is 14.1. The topological polar surface area (TPSA) is 68.9 Å². The van der Waals surface area contributed by atoms with E-state index in [1.54, 1.807) is 6.20 Å². The SMILES string of the molecule is CC(=O)c1coc(-c2c(-c3ccccc3)cnnc2-c2ccccc2)n1. The minimum Gasteiger partial charge on any atom is -0.444 e. The minimum atomic E-state index is -0.149. The van der Waals surface area contributed by atoms with Gasteiger partial charge in [-0.05, 0) is 5.56 Å². The number of ketones is 1. The molecule has 0 aliphatic carbocycles. The van der Waals surface area contributed by atoms with Gasteiger partial charge in [-0.15, -0.1) is 5.10 Å². The molecule has 0 unspecified atom stereocenters. The van der Waals surface area contributed by atoms with E-state index in [9.17, 15) is 4.79 Å². The van der Waals surface area contributed by atoms with Gasteiger partial charge in [-0.3, -0.25) is 4.79 Å². The summed E-state index contributed by atoms with van der Waals surface area (Å²) in [6.45, 7) is 1.46. The highest BCUT2D eigenvalue weighted by atomic mass is 16.3. The van der Waals surface area contributed by atoms with Crippen molar-refractivity contribution in [3.05, 3.63) is 78.8 Å². The maximum Gasteiger partial charge on any atom is 0.229 e. The average Bonchev–Trinajstić information content (AvgIpc) is 3.19. The quantitative estimate of drug-likeness (QED) is 0.505. The third-order valence-corrected chi connectivity index (χ3v) is 4.06. The maximum atomic E-state index is 11.6. The Kier molecular flexibility index (Phi) is 4.11. The molecule has 0 saturated carbocycles. The average molecular weight is 341 g/mol. The molecule has 4 rings (SSSR count). The third-order valence-electron chi connectivity index (χ3n) is 4.06. The summed E-state index contributed by atoms with van der Waals surface area (Å²) < 4.78 is 5.64. The number of carbonyl (C=O) groups excluding carboxylic acids is 1. The highest BCUT2D eigenvalue weighted by Crippen LogP contribution is 2.37. The Bertz CT molecular complexity index is 999. The van der Waals surface area contributed by atoms with Gasteiger partial charge < -0.3 is 4.42 Å².